The standard InChI is InChI=1S/C25H28O7/c1-6-32-25(27)24-18(16-8-10-21(29-3)23(14-16)31-5)11-17(12-19(24)26)15-7-9-20(28-2)22(13-15)30-4/h7-10,12-14,18,24H,6,11H2,1-5H3/t18-,24+/m0/s1. The van der Waals surface area contributed by atoms with Gasteiger partial charge in [-0.3, -0.25) is 9.59 Å². The molecule has 1 aliphatic rings. The van der Waals surface area contributed by atoms with Gasteiger partial charge in [0.2, 0.25) is 0 Å². The Morgan fingerprint density at radius 1 is 0.875 bits per heavy atom. The molecule has 0 amide bonds. The number of hydrogen-bond acceptors (Lipinski definition) is 7. The van der Waals surface area contributed by atoms with Gasteiger partial charge >= 0.3 is 5.97 Å². The molecule has 0 spiro atoms. The maximum Gasteiger partial charge on any atom is 0.317 e. The van der Waals surface area contributed by atoms with E-state index in [-0.39, 0.29) is 12.4 Å². The van der Waals surface area contributed by atoms with Crippen LogP contribution in [-0.4, -0.2) is 46.8 Å². The number of benzene rings is 2. The van der Waals surface area contributed by atoms with Crippen molar-refractivity contribution in [2.45, 2.75) is 19.3 Å². The first-order chi connectivity index (χ1) is 15.5. The van der Waals surface area contributed by atoms with Crippen LogP contribution < -0.4 is 18.9 Å². The molecule has 0 aromatic heterocycles. The summed E-state index contributed by atoms with van der Waals surface area (Å²) < 4.78 is 26.7. The second kappa shape index (κ2) is 10.2. The van der Waals surface area contributed by atoms with Crippen LogP contribution >= 0.6 is 0 Å². The highest BCUT2D eigenvalue weighted by molar-refractivity contribution is 6.10. The molecule has 0 saturated carbocycles. The number of carbonyl (C=O) groups excluding carboxylic acids is 2. The van der Waals surface area contributed by atoms with E-state index >= 15 is 0 Å². The Balaban J connectivity index is 2.07. The predicted octanol–water partition coefficient (Wildman–Crippen LogP) is 4.04. The van der Waals surface area contributed by atoms with Crippen molar-refractivity contribution >= 4 is 17.3 Å². The summed E-state index contributed by atoms with van der Waals surface area (Å²) in [6.07, 6.45) is 1.99. The fraction of sp³-hybridized carbons (Fsp3) is 0.360. The average Bonchev–Trinajstić information content (AvgIpc) is 2.82. The molecule has 0 fully saturated rings. The van der Waals surface area contributed by atoms with Crippen LogP contribution in [0.3, 0.4) is 0 Å². The predicted molar refractivity (Wildman–Crippen MR) is 120 cm³/mol. The van der Waals surface area contributed by atoms with Gasteiger partial charge in [0.15, 0.2) is 28.8 Å². The van der Waals surface area contributed by atoms with Gasteiger partial charge in [-0.15, -0.1) is 0 Å². The fourth-order valence-electron chi connectivity index (χ4n) is 4.02. The number of esters is 1. The van der Waals surface area contributed by atoms with Crippen LogP contribution in [0.1, 0.15) is 30.4 Å². The van der Waals surface area contributed by atoms with Crippen molar-refractivity contribution in [1.82, 2.24) is 0 Å². The molecule has 0 radical (unpaired) electrons. The summed E-state index contributed by atoms with van der Waals surface area (Å²) in [7, 11) is 6.23. The van der Waals surface area contributed by atoms with Crippen LogP contribution in [0.2, 0.25) is 0 Å². The topological polar surface area (TPSA) is 80.3 Å². The molecule has 0 unspecified atom stereocenters. The van der Waals surface area contributed by atoms with Crippen molar-refractivity contribution in [2.24, 2.45) is 5.92 Å². The molecule has 0 heterocycles. The van der Waals surface area contributed by atoms with Gasteiger partial charge in [0, 0.05) is 5.92 Å². The Bertz CT molecular complexity index is 1020. The number of methoxy groups -OCH3 is 4. The third kappa shape index (κ3) is 4.56. The van der Waals surface area contributed by atoms with Crippen molar-refractivity contribution in [3.05, 3.63) is 53.6 Å². The van der Waals surface area contributed by atoms with Crippen molar-refractivity contribution in [1.29, 1.82) is 0 Å². The Kier molecular flexibility index (Phi) is 7.41. The molecule has 0 bridgehead atoms. The van der Waals surface area contributed by atoms with E-state index in [0.29, 0.717) is 29.4 Å². The Morgan fingerprint density at radius 3 is 2.06 bits per heavy atom. The highest BCUT2D eigenvalue weighted by atomic mass is 16.5. The van der Waals surface area contributed by atoms with E-state index in [0.717, 1.165) is 16.7 Å². The minimum absolute atomic E-state index is 0.202. The van der Waals surface area contributed by atoms with Crippen LogP contribution in [0.25, 0.3) is 5.57 Å². The van der Waals surface area contributed by atoms with E-state index in [9.17, 15) is 9.59 Å². The van der Waals surface area contributed by atoms with E-state index < -0.39 is 17.8 Å². The largest absolute Gasteiger partial charge is 0.493 e. The average molecular weight is 440 g/mol. The number of ketones is 1. The Morgan fingerprint density at radius 2 is 1.47 bits per heavy atom. The van der Waals surface area contributed by atoms with E-state index in [2.05, 4.69) is 0 Å². The summed E-state index contributed by atoms with van der Waals surface area (Å²) in [6.45, 7) is 1.93. The maximum atomic E-state index is 13.1. The van der Waals surface area contributed by atoms with Crippen molar-refractivity contribution in [2.75, 3.05) is 35.0 Å². The zero-order valence-corrected chi connectivity index (χ0v) is 19.0. The van der Waals surface area contributed by atoms with Crippen LogP contribution in [0, 0.1) is 5.92 Å². The van der Waals surface area contributed by atoms with E-state index in [1.165, 1.54) is 6.08 Å². The first kappa shape index (κ1) is 23.2. The summed E-state index contributed by atoms with van der Waals surface area (Å²) in [5, 5.41) is 0. The normalized spacial score (nSPS) is 17.9. The molecule has 2 aromatic rings. The minimum atomic E-state index is -0.933. The molecule has 1 aliphatic carbocycles. The molecule has 2 aromatic carbocycles. The van der Waals surface area contributed by atoms with Gasteiger partial charge < -0.3 is 23.7 Å². The lowest BCUT2D eigenvalue weighted by Crippen LogP contribution is -2.34. The Labute approximate surface area is 187 Å². The van der Waals surface area contributed by atoms with Crippen molar-refractivity contribution < 1.29 is 33.3 Å². The summed E-state index contributed by atoms with van der Waals surface area (Å²) in [5.41, 5.74) is 2.42. The van der Waals surface area contributed by atoms with Gasteiger partial charge in [-0.05, 0) is 60.4 Å². The number of allylic oxidation sites excluding steroid dienone is 2. The second-order valence-electron chi connectivity index (χ2n) is 7.30. The summed E-state index contributed by atoms with van der Waals surface area (Å²) >= 11 is 0. The summed E-state index contributed by atoms with van der Waals surface area (Å²) in [5.74, 6) is 0.0860. The Hall–Kier alpha value is -3.48. The lowest BCUT2D eigenvalue weighted by Gasteiger charge is -2.30. The number of carbonyl (C=O) groups is 2. The zero-order valence-electron chi connectivity index (χ0n) is 19.0. The summed E-state index contributed by atoms with van der Waals surface area (Å²) in [4.78, 5) is 25.9. The molecule has 3 rings (SSSR count). The fourth-order valence-corrected chi connectivity index (χ4v) is 4.02. The van der Waals surface area contributed by atoms with E-state index in [4.69, 9.17) is 23.7 Å². The lowest BCUT2D eigenvalue weighted by atomic mass is 9.73. The SMILES string of the molecule is CCOC(=O)[C@H]1C(=O)C=C(c2ccc(OC)c(OC)c2)C[C@H]1c1ccc(OC)c(OC)c1. The first-order valence-corrected chi connectivity index (χ1v) is 10.3. The van der Waals surface area contributed by atoms with Crippen molar-refractivity contribution in [3.63, 3.8) is 0 Å². The smallest absolute Gasteiger partial charge is 0.317 e. The first-order valence-electron chi connectivity index (χ1n) is 10.3. The van der Waals surface area contributed by atoms with Gasteiger partial charge in [0.25, 0.3) is 0 Å². The molecule has 0 saturated heterocycles. The van der Waals surface area contributed by atoms with Crippen LogP contribution in [0.15, 0.2) is 42.5 Å². The molecule has 170 valence electrons. The summed E-state index contributed by atoms with van der Waals surface area (Å²) in [6, 6.07) is 10.9. The van der Waals surface area contributed by atoms with Gasteiger partial charge in [0.05, 0.1) is 35.0 Å². The number of ether oxygens (including phenoxy) is 5. The van der Waals surface area contributed by atoms with E-state index in [1.807, 2.05) is 18.2 Å². The van der Waals surface area contributed by atoms with Gasteiger partial charge in [-0.2, -0.15) is 0 Å². The minimum Gasteiger partial charge on any atom is -0.493 e. The molecule has 7 heteroatoms. The highest BCUT2D eigenvalue weighted by Gasteiger charge is 2.40. The number of hydrogen-bond donors (Lipinski definition) is 0. The number of rotatable bonds is 8. The maximum absolute atomic E-state index is 13.1. The zero-order chi connectivity index (χ0) is 23.3. The van der Waals surface area contributed by atoms with Gasteiger partial charge in [0.1, 0.15) is 5.92 Å². The molecule has 0 aliphatic heterocycles. The molecular formula is C25H28O7. The molecule has 2 atom stereocenters. The second-order valence-corrected chi connectivity index (χ2v) is 7.30. The van der Waals surface area contributed by atoms with E-state index in [1.54, 1.807) is 53.6 Å². The molecule has 7 nitrogen and oxygen atoms in total. The third-order valence-electron chi connectivity index (χ3n) is 5.60. The monoisotopic (exact) mass is 440 g/mol. The highest BCUT2D eigenvalue weighted by Crippen LogP contribution is 2.43. The van der Waals surface area contributed by atoms with Crippen LogP contribution in [0.4, 0.5) is 0 Å². The third-order valence-corrected chi connectivity index (χ3v) is 5.60. The van der Waals surface area contributed by atoms with Gasteiger partial charge in [-0.25, -0.2) is 0 Å². The lowest BCUT2D eigenvalue weighted by molar-refractivity contribution is -0.151. The van der Waals surface area contributed by atoms with Gasteiger partial charge in [-0.1, -0.05) is 12.1 Å². The molecule has 32 heavy (non-hydrogen) atoms. The molecule has 0 N–H and O–H groups in total. The van der Waals surface area contributed by atoms with Crippen molar-refractivity contribution in [3.8, 4) is 23.0 Å². The van der Waals surface area contributed by atoms with Crippen LogP contribution in [0.5, 0.6) is 23.0 Å². The molecular weight excluding hydrogens is 412 g/mol. The van der Waals surface area contributed by atoms with Crippen LogP contribution in [-0.2, 0) is 14.3 Å². The quantitative estimate of drug-likeness (QED) is 0.453.